The maximum Gasteiger partial charge on any atom is 0.240 e. The number of thioether (sulfide) groups is 1. The van der Waals surface area contributed by atoms with E-state index in [0.717, 1.165) is 22.9 Å². The molecule has 10 heteroatoms. The van der Waals surface area contributed by atoms with Crippen LogP contribution in [-0.4, -0.2) is 33.9 Å². The van der Waals surface area contributed by atoms with Gasteiger partial charge in [-0.1, -0.05) is 41.6 Å². The Morgan fingerprint density at radius 2 is 1.88 bits per heavy atom. The number of carbonyl (C=O) groups is 3. The van der Waals surface area contributed by atoms with Crippen LogP contribution in [0.25, 0.3) is 0 Å². The minimum atomic E-state index is -0.603. The lowest BCUT2D eigenvalue weighted by Gasteiger charge is -2.08. The Labute approximate surface area is 194 Å². The first kappa shape index (κ1) is 23.5. The quantitative estimate of drug-likeness (QED) is 0.437. The third-order valence-electron chi connectivity index (χ3n) is 4.49. The lowest BCUT2D eigenvalue weighted by atomic mass is 10.1. The van der Waals surface area contributed by atoms with Gasteiger partial charge in [-0.25, -0.2) is 0 Å². The zero-order valence-electron chi connectivity index (χ0n) is 17.7. The molecule has 0 aliphatic carbocycles. The number of nitrogens with zero attached hydrogens (tertiary/aromatic N) is 2. The summed E-state index contributed by atoms with van der Waals surface area (Å²) in [5, 5.41) is 16.7. The number of nitrogens with one attached hydrogen (secondary N) is 3. The highest BCUT2D eigenvalue weighted by Crippen LogP contribution is 2.24. The first-order chi connectivity index (χ1) is 15.2. The van der Waals surface area contributed by atoms with Crippen LogP contribution in [0.15, 0.2) is 52.7 Å². The number of amidine groups is 1. The molecule has 166 valence electrons. The molecule has 32 heavy (non-hydrogen) atoms. The fraction of sp³-hybridized carbons (Fsp3) is 0.227. The SMILES string of the molecule is CC(=O)Nc1cccc(/C(C)=N\N=C2/NC(=O)[C@@H](CC(=O)Nc3ccc(C)c(Cl)c3)S2)c1. The number of amides is 3. The van der Waals surface area contributed by atoms with Crippen LogP contribution in [0.5, 0.6) is 0 Å². The molecular weight excluding hydrogens is 450 g/mol. The molecule has 0 saturated carbocycles. The van der Waals surface area contributed by atoms with E-state index in [1.807, 2.05) is 19.1 Å². The van der Waals surface area contributed by atoms with Crippen molar-refractivity contribution in [3.05, 3.63) is 58.6 Å². The first-order valence-corrected chi connectivity index (χ1v) is 11.0. The van der Waals surface area contributed by atoms with Gasteiger partial charge in [-0.3, -0.25) is 14.4 Å². The molecule has 3 amide bonds. The monoisotopic (exact) mass is 471 g/mol. The molecule has 2 aromatic rings. The van der Waals surface area contributed by atoms with Crippen molar-refractivity contribution in [1.82, 2.24) is 5.32 Å². The number of aryl methyl sites for hydroxylation is 1. The topological polar surface area (TPSA) is 112 Å². The van der Waals surface area contributed by atoms with Crippen LogP contribution < -0.4 is 16.0 Å². The molecule has 8 nitrogen and oxygen atoms in total. The summed E-state index contributed by atoms with van der Waals surface area (Å²) in [7, 11) is 0. The number of hydrogen-bond acceptors (Lipinski definition) is 6. The number of rotatable bonds is 6. The van der Waals surface area contributed by atoms with E-state index >= 15 is 0 Å². The zero-order chi connectivity index (χ0) is 23.3. The predicted octanol–water partition coefficient (Wildman–Crippen LogP) is 3.95. The Morgan fingerprint density at radius 1 is 1.12 bits per heavy atom. The second-order valence-corrected chi connectivity index (χ2v) is 8.76. The van der Waals surface area contributed by atoms with Gasteiger partial charge in [0.05, 0.1) is 5.71 Å². The average Bonchev–Trinajstić information content (AvgIpc) is 3.07. The van der Waals surface area contributed by atoms with E-state index in [9.17, 15) is 14.4 Å². The molecule has 1 atom stereocenters. The Morgan fingerprint density at radius 3 is 2.59 bits per heavy atom. The van der Waals surface area contributed by atoms with Crippen molar-refractivity contribution in [2.45, 2.75) is 32.4 Å². The molecule has 3 N–H and O–H groups in total. The van der Waals surface area contributed by atoms with Crippen LogP contribution in [0, 0.1) is 6.92 Å². The minimum Gasteiger partial charge on any atom is -0.326 e. The second kappa shape index (κ2) is 10.4. The highest BCUT2D eigenvalue weighted by atomic mass is 35.5. The van der Waals surface area contributed by atoms with E-state index in [-0.39, 0.29) is 24.1 Å². The molecule has 1 heterocycles. The van der Waals surface area contributed by atoms with Gasteiger partial charge in [0.2, 0.25) is 17.7 Å². The summed E-state index contributed by atoms with van der Waals surface area (Å²) >= 11 is 7.23. The number of carbonyl (C=O) groups excluding carboxylic acids is 3. The minimum absolute atomic E-state index is 0.0114. The third kappa shape index (κ3) is 6.41. The average molecular weight is 472 g/mol. The summed E-state index contributed by atoms with van der Waals surface area (Å²) in [6.07, 6.45) is -0.0114. The summed E-state index contributed by atoms with van der Waals surface area (Å²) in [6, 6.07) is 12.4. The molecular formula is C22H22ClN5O3S. The van der Waals surface area contributed by atoms with E-state index < -0.39 is 5.25 Å². The normalized spacial score (nSPS) is 17.2. The van der Waals surface area contributed by atoms with Gasteiger partial charge in [0.25, 0.3) is 0 Å². The number of hydrogen-bond donors (Lipinski definition) is 3. The fourth-order valence-electron chi connectivity index (χ4n) is 2.84. The van der Waals surface area contributed by atoms with Gasteiger partial charge in [0.1, 0.15) is 5.25 Å². The van der Waals surface area contributed by atoms with Crippen LogP contribution in [0.3, 0.4) is 0 Å². The van der Waals surface area contributed by atoms with Crippen molar-refractivity contribution in [3.63, 3.8) is 0 Å². The molecule has 0 radical (unpaired) electrons. The van der Waals surface area contributed by atoms with Crippen molar-refractivity contribution in [2.24, 2.45) is 10.2 Å². The van der Waals surface area contributed by atoms with Crippen molar-refractivity contribution in [2.75, 3.05) is 10.6 Å². The first-order valence-electron chi connectivity index (χ1n) is 9.75. The summed E-state index contributed by atoms with van der Waals surface area (Å²) in [4.78, 5) is 35.8. The van der Waals surface area contributed by atoms with Crippen molar-refractivity contribution in [3.8, 4) is 0 Å². The van der Waals surface area contributed by atoms with Crippen molar-refractivity contribution >= 4 is 63.3 Å². The van der Waals surface area contributed by atoms with Crippen molar-refractivity contribution < 1.29 is 14.4 Å². The largest absolute Gasteiger partial charge is 0.326 e. The van der Waals surface area contributed by atoms with Crippen LogP contribution in [0.4, 0.5) is 11.4 Å². The van der Waals surface area contributed by atoms with Crippen LogP contribution in [0.1, 0.15) is 31.4 Å². The molecule has 1 saturated heterocycles. The number of benzene rings is 2. The van der Waals surface area contributed by atoms with Gasteiger partial charge in [-0.2, -0.15) is 5.10 Å². The van der Waals surface area contributed by atoms with Crippen LogP contribution in [-0.2, 0) is 14.4 Å². The summed E-state index contributed by atoms with van der Waals surface area (Å²) in [6.45, 7) is 5.08. The third-order valence-corrected chi connectivity index (χ3v) is 5.97. The molecule has 3 rings (SSSR count). The molecule has 1 fully saturated rings. The summed E-state index contributed by atoms with van der Waals surface area (Å²) in [5.41, 5.74) is 3.53. The lowest BCUT2D eigenvalue weighted by molar-refractivity contribution is -0.122. The Balaban J connectivity index is 1.61. The summed E-state index contributed by atoms with van der Waals surface area (Å²) < 4.78 is 0. The molecule has 0 bridgehead atoms. The highest BCUT2D eigenvalue weighted by molar-refractivity contribution is 8.15. The predicted molar refractivity (Wildman–Crippen MR) is 129 cm³/mol. The second-order valence-electron chi connectivity index (χ2n) is 7.16. The molecule has 0 unspecified atom stereocenters. The summed E-state index contributed by atoms with van der Waals surface area (Å²) in [5.74, 6) is -0.762. The highest BCUT2D eigenvalue weighted by Gasteiger charge is 2.32. The maximum absolute atomic E-state index is 12.3. The van der Waals surface area contributed by atoms with E-state index in [1.54, 1.807) is 37.3 Å². The molecule has 0 aromatic heterocycles. The zero-order valence-corrected chi connectivity index (χ0v) is 19.3. The van der Waals surface area contributed by atoms with Gasteiger partial charge < -0.3 is 16.0 Å². The molecule has 0 spiro atoms. The lowest BCUT2D eigenvalue weighted by Crippen LogP contribution is -2.28. The standard InChI is InChI=1S/C22H22ClN5O3S/c1-12-7-8-17(10-18(12)23)25-20(30)11-19-21(31)26-22(32-19)28-27-13(2)15-5-4-6-16(9-15)24-14(3)29/h4-10,19H,11H2,1-3H3,(H,24,29)(H,25,30)(H,26,28,31)/b27-13-/t19-/m1/s1. The van der Waals surface area contributed by atoms with Crippen LogP contribution >= 0.6 is 23.4 Å². The smallest absolute Gasteiger partial charge is 0.240 e. The molecule has 1 aliphatic heterocycles. The number of halogens is 1. The van der Waals surface area contributed by atoms with E-state index in [2.05, 4.69) is 26.2 Å². The maximum atomic E-state index is 12.3. The van der Waals surface area contributed by atoms with E-state index in [0.29, 0.717) is 27.3 Å². The van der Waals surface area contributed by atoms with Gasteiger partial charge in [0, 0.05) is 29.7 Å². The Kier molecular flexibility index (Phi) is 7.66. The van der Waals surface area contributed by atoms with E-state index in [4.69, 9.17) is 11.6 Å². The van der Waals surface area contributed by atoms with E-state index in [1.165, 1.54) is 6.92 Å². The Bertz CT molecular complexity index is 1130. The van der Waals surface area contributed by atoms with Crippen LogP contribution in [0.2, 0.25) is 5.02 Å². The fourth-order valence-corrected chi connectivity index (χ4v) is 3.94. The molecule has 2 aromatic carbocycles. The molecule has 1 aliphatic rings. The van der Waals surface area contributed by atoms with Gasteiger partial charge in [-0.15, -0.1) is 5.10 Å². The van der Waals surface area contributed by atoms with Crippen molar-refractivity contribution in [1.29, 1.82) is 0 Å². The Hall–Kier alpha value is -3.17. The number of anilines is 2. The van der Waals surface area contributed by atoms with Gasteiger partial charge in [-0.05, 0) is 49.2 Å². The van der Waals surface area contributed by atoms with Gasteiger partial charge >= 0.3 is 0 Å². The van der Waals surface area contributed by atoms with Gasteiger partial charge in [0.15, 0.2) is 5.17 Å².